The topological polar surface area (TPSA) is 31.2 Å². The number of aryl methyl sites for hydroxylation is 1. The lowest BCUT2D eigenvalue weighted by atomic mass is 10.0. The Morgan fingerprint density at radius 3 is 3.15 bits per heavy atom. The quantitative estimate of drug-likeness (QED) is 0.658. The van der Waals surface area contributed by atoms with Gasteiger partial charge in [-0.2, -0.15) is 0 Å². The predicted molar refractivity (Wildman–Crippen MR) is 51.0 cm³/mol. The van der Waals surface area contributed by atoms with Crippen molar-refractivity contribution in [3.8, 4) is 5.75 Å². The van der Waals surface area contributed by atoms with Gasteiger partial charge in [-0.15, -0.1) is 0 Å². The summed E-state index contributed by atoms with van der Waals surface area (Å²) in [6.07, 6.45) is 2.34. The summed E-state index contributed by atoms with van der Waals surface area (Å²) in [5.74, 6) is 1.09. The molecule has 0 amide bonds. The molecule has 2 heteroatoms. The number of hydrogen-bond acceptors (Lipinski definition) is 2. The Morgan fingerprint density at radius 1 is 1.38 bits per heavy atom. The molecule has 1 atom stereocenters. The highest BCUT2D eigenvalue weighted by molar-refractivity contribution is 5.40. The first-order valence-electron chi connectivity index (χ1n) is 4.92. The molecule has 1 unspecified atom stereocenters. The fraction of sp³-hybridized carbons (Fsp3) is 0.455. The lowest BCUT2D eigenvalue weighted by molar-refractivity contribution is 0.288. The van der Waals surface area contributed by atoms with Gasteiger partial charge >= 0.3 is 0 Å². The maximum atomic E-state index is 5.56. The van der Waals surface area contributed by atoms with Crippen molar-refractivity contribution in [2.24, 2.45) is 0 Å². The highest BCUT2D eigenvalue weighted by atomic mass is 16.5. The van der Waals surface area contributed by atoms with Crippen LogP contribution >= 0.6 is 0 Å². The Morgan fingerprint density at radius 2 is 2.31 bits per heavy atom. The molecule has 13 heavy (non-hydrogen) atoms. The van der Waals surface area contributed by atoms with E-state index in [0.717, 1.165) is 25.3 Å². The van der Waals surface area contributed by atoms with Crippen LogP contribution in [0.1, 0.15) is 23.6 Å². The SMILES string of the molecule is c1cc2c(cc1C1CN1)CCCO2. The maximum absolute atomic E-state index is 5.56. The van der Waals surface area contributed by atoms with Gasteiger partial charge in [0.1, 0.15) is 5.75 Å². The molecule has 0 radical (unpaired) electrons. The summed E-state index contributed by atoms with van der Waals surface area (Å²) in [6, 6.07) is 7.20. The van der Waals surface area contributed by atoms with Gasteiger partial charge in [0.05, 0.1) is 6.61 Å². The summed E-state index contributed by atoms with van der Waals surface area (Å²) in [6.45, 7) is 2.02. The first-order chi connectivity index (χ1) is 6.43. The standard InChI is InChI=1S/C11H13NO/c1-2-9-6-8(10-7-12-10)3-4-11(9)13-5-1/h3-4,6,10,12H,1-2,5,7H2. The van der Waals surface area contributed by atoms with Gasteiger partial charge in [-0.1, -0.05) is 12.1 Å². The summed E-state index contributed by atoms with van der Waals surface area (Å²) < 4.78 is 5.56. The summed E-state index contributed by atoms with van der Waals surface area (Å²) in [5, 5.41) is 3.32. The third-order valence-corrected chi connectivity index (χ3v) is 2.74. The van der Waals surface area contributed by atoms with Crippen molar-refractivity contribution in [3.05, 3.63) is 29.3 Å². The normalized spacial score (nSPS) is 24.8. The number of fused-ring (bicyclic) bond motifs is 1. The molecule has 1 aromatic carbocycles. The summed E-state index contributed by atoms with van der Waals surface area (Å²) in [4.78, 5) is 0. The highest BCUT2D eigenvalue weighted by Gasteiger charge is 2.23. The van der Waals surface area contributed by atoms with Crippen LogP contribution in [0.4, 0.5) is 0 Å². The van der Waals surface area contributed by atoms with E-state index in [1.54, 1.807) is 0 Å². The fourth-order valence-corrected chi connectivity index (χ4v) is 1.89. The zero-order valence-corrected chi connectivity index (χ0v) is 7.55. The summed E-state index contributed by atoms with van der Waals surface area (Å²) in [7, 11) is 0. The van der Waals surface area contributed by atoms with Crippen molar-refractivity contribution < 1.29 is 4.74 Å². The molecule has 0 bridgehead atoms. The van der Waals surface area contributed by atoms with Gasteiger partial charge in [0.25, 0.3) is 0 Å². The Balaban J connectivity index is 1.98. The third-order valence-electron chi connectivity index (χ3n) is 2.74. The van der Waals surface area contributed by atoms with Gasteiger partial charge in [0.15, 0.2) is 0 Å². The zero-order valence-electron chi connectivity index (χ0n) is 7.55. The van der Waals surface area contributed by atoms with Gasteiger partial charge in [-0.25, -0.2) is 0 Å². The van der Waals surface area contributed by atoms with Crippen LogP contribution < -0.4 is 10.1 Å². The molecule has 68 valence electrons. The van der Waals surface area contributed by atoms with E-state index < -0.39 is 0 Å². The molecule has 0 saturated carbocycles. The van der Waals surface area contributed by atoms with Crippen LogP contribution in [0.2, 0.25) is 0 Å². The maximum Gasteiger partial charge on any atom is 0.122 e. The smallest absolute Gasteiger partial charge is 0.122 e. The number of rotatable bonds is 1. The highest BCUT2D eigenvalue weighted by Crippen LogP contribution is 2.30. The van der Waals surface area contributed by atoms with E-state index in [-0.39, 0.29) is 0 Å². The first kappa shape index (κ1) is 7.39. The molecule has 0 aliphatic carbocycles. The minimum absolute atomic E-state index is 0.618. The number of ether oxygens (including phenoxy) is 1. The number of nitrogens with one attached hydrogen (secondary N) is 1. The van der Waals surface area contributed by atoms with Gasteiger partial charge in [0.2, 0.25) is 0 Å². The first-order valence-corrected chi connectivity index (χ1v) is 4.92. The van der Waals surface area contributed by atoms with Gasteiger partial charge < -0.3 is 10.1 Å². The van der Waals surface area contributed by atoms with Crippen molar-refractivity contribution in [3.63, 3.8) is 0 Å². The molecular weight excluding hydrogens is 162 g/mol. The molecule has 1 fully saturated rings. The molecular formula is C11H13NO. The van der Waals surface area contributed by atoms with Crippen LogP contribution in [-0.4, -0.2) is 13.2 Å². The Labute approximate surface area is 77.9 Å². The third kappa shape index (κ3) is 1.31. The summed E-state index contributed by atoms with van der Waals surface area (Å²) >= 11 is 0. The fourth-order valence-electron chi connectivity index (χ4n) is 1.89. The number of benzene rings is 1. The van der Waals surface area contributed by atoms with E-state index in [4.69, 9.17) is 4.74 Å². The largest absolute Gasteiger partial charge is 0.493 e. The molecule has 0 aromatic heterocycles. The monoisotopic (exact) mass is 175 g/mol. The molecule has 2 aliphatic heterocycles. The minimum atomic E-state index is 0.618. The predicted octanol–water partition coefficient (Wildman–Crippen LogP) is 1.66. The van der Waals surface area contributed by atoms with Crippen molar-refractivity contribution in [1.82, 2.24) is 5.32 Å². The molecule has 2 heterocycles. The van der Waals surface area contributed by atoms with E-state index in [1.807, 2.05) is 0 Å². The number of hydrogen-bond donors (Lipinski definition) is 1. The van der Waals surface area contributed by atoms with Gasteiger partial charge in [-0.05, 0) is 30.0 Å². The van der Waals surface area contributed by atoms with Crippen molar-refractivity contribution in [2.75, 3.05) is 13.2 Å². The second kappa shape index (κ2) is 2.74. The minimum Gasteiger partial charge on any atom is -0.493 e. The molecule has 1 saturated heterocycles. The molecule has 2 aliphatic rings. The van der Waals surface area contributed by atoms with Crippen LogP contribution in [0.5, 0.6) is 5.75 Å². The van der Waals surface area contributed by atoms with Crippen LogP contribution in [0, 0.1) is 0 Å². The average molecular weight is 175 g/mol. The van der Waals surface area contributed by atoms with E-state index >= 15 is 0 Å². The molecule has 2 nitrogen and oxygen atoms in total. The second-order valence-corrected chi connectivity index (χ2v) is 3.78. The Hall–Kier alpha value is -1.02. The average Bonchev–Trinajstić information content (AvgIpc) is 3.00. The zero-order chi connectivity index (χ0) is 8.67. The van der Waals surface area contributed by atoms with Crippen molar-refractivity contribution in [2.45, 2.75) is 18.9 Å². The van der Waals surface area contributed by atoms with E-state index in [1.165, 1.54) is 17.5 Å². The van der Waals surface area contributed by atoms with E-state index in [0.29, 0.717) is 6.04 Å². The molecule has 1 aromatic rings. The van der Waals surface area contributed by atoms with Crippen LogP contribution in [0.25, 0.3) is 0 Å². The van der Waals surface area contributed by atoms with E-state index in [9.17, 15) is 0 Å². The Bertz CT molecular complexity index is 331. The molecule has 0 spiro atoms. The van der Waals surface area contributed by atoms with Crippen molar-refractivity contribution >= 4 is 0 Å². The van der Waals surface area contributed by atoms with E-state index in [2.05, 4.69) is 23.5 Å². The summed E-state index contributed by atoms with van der Waals surface area (Å²) in [5.41, 5.74) is 2.81. The lowest BCUT2D eigenvalue weighted by Crippen LogP contribution is -2.08. The Kier molecular flexibility index (Phi) is 1.56. The van der Waals surface area contributed by atoms with Gasteiger partial charge in [-0.3, -0.25) is 0 Å². The van der Waals surface area contributed by atoms with Crippen LogP contribution in [0.15, 0.2) is 18.2 Å². The van der Waals surface area contributed by atoms with Gasteiger partial charge in [0, 0.05) is 12.6 Å². The molecule has 3 rings (SSSR count). The second-order valence-electron chi connectivity index (χ2n) is 3.78. The van der Waals surface area contributed by atoms with Crippen molar-refractivity contribution in [1.29, 1.82) is 0 Å². The van der Waals surface area contributed by atoms with Crippen LogP contribution in [0.3, 0.4) is 0 Å². The van der Waals surface area contributed by atoms with Crippen LogP contribution in [-0.2, 0) is 6.42 Å². The lowest BCUT2D eigenvalue weighted by Gasteiger charge is -2.17. The molecule has 1 N–H and O–H groups in total.